The highest BCUT2D eigenvalue weighted by Crippen LogP contribution is 2.21. The molecule has 2 aliphatic rings. The lowest BCUT2D eigenvalue weighted by Gasteiger charge is -2.13. The van der Waals surface area contributed by atoms with Crippen molar-refractivity contribution in [3.8, 4) is 0 Å². The molecule has 0 aromatic rings. The average Bonchev–Trinajstić information content (AvgIpc) is 2.85. The molecule has 1 heterocycles. The van der Waals surface area contributed by atoms with Gasteiger partial charge < -0.3 is 5.43 Å². The zero-order valence-electron chi connectivity index (χ0n) is 23.0. The number of hydrogen-bond donors (Lipinski definition) is 1. The second-order valence-electron chi connectivity index (χ2n) is 11.3. The molecule has 2 heteroatoms. The van der Waals surface area contributed by atoms with Crippen LogP contribution in [0.3, 0.4) is 0 Å². The topological polar surface area (TPSA) is 24.4 Å². The summed E-state index contributed by atoms with van der Waals surface area (Å²) in [6.45, 7) is 1.05. The number of allylic oxidation sites excluding steroid dienone is 2. The Morgan fingerprint density at radius 1 is 0.412 bits per heavy atom. The molecule has 0 bridgehead atoms. The van der Waals surface area contributed by atoms with Crippen molar-refractivity contribution in [3.63, 3.8) is 0 Å². The highest BCUT2D eigenvalue weighted by atomic mass is 15.3. The summed E-state index contributed by atoms with van der Waals surface area (Å²) >= 11 is 0. The fourth-order valence-corrected chi connectivity index (χ4v) is 5.75. The van der Waals surface area contributed by atoms with Crippen LogP contribution >= 0.6 is 0 Å². The Morgan fingerprint density at radius 3 is 1.29 bits per heavy atom. The Bertz CT molecular complexity index is 461. The molecule has 0 radical (unpaired) electrons. The Labute approximate surface area is 214 Å². The molecule has 0 fully saturated rings. The molecular formula is C32H60N2. The van der Waals surface area contributed by atoms with Crippen LogP contribution in [-0.2, 0) is 0 Å². The monoisotopic (exact) mass is 472 g/mol. The van der Waals surface area contributed by atoms with Crippen molar-refractivity contribution in [1.29, 1.82) is 0 Å². The van der Waals surface area contributed by atoms with Gasteiger partial charge in [-0.25, -0.2) is 0 Å². The van der Waals surface area contributed by atoms with Gasteiger partial charge in [-0.3, -0.25) is 0 Å². The molecule has 1 aliphatic carbocycles. The molecule has 34 heavy (non-hydrogen) atoms. The van der Waals surface area contributed by atoms with Gasteiger partial charge in [-0.05, 0) is 50.5 Å². The van der Waals surface area contributed by atoms with Gasteiger partial charge in [0.05, 0.1) is 5.71 Å². The molecule has 0 saturated heterocycles. The summed E-state index contributed by atoms with van der Waals surface area (Å²) in [5, 5.41) is 5.04. The minimum Gasteiger partial charge on any atom is -0.310 e. The second-order valence-corrected chi connectivity index (χ2v) is 11.3. The first-order valence-corrected chi connectivity index (χ1v) is 16.0. The van der Waals surface area contributed by atoms with E-state index in [0.717, 1.165) is 6.54 Å². The molecule has 198 valence electrons. The first-order chi connectivity index (χ1) is 17.0. The maximum absolute atomic E-state index is 5.04. The van der Waals surface area contributed by atoms with E-state index in [1.807, 2.05) is 0 Å². The minimum atomic E-state index is 1.05. The molecule has 0 spiro atoms. The van der Waals surface area contributed by atoms with Gasteiger partial charge in [0.25, 0.3) is 0 Å². The van der Waals surface area contributed by atoms with E-state index in [2.05, 4.69) is 11.5 Å². The molecule has 0 aromatic carbocycles. The summed E-state index contributed by atoms with van der Waals surface area (Å²) in [5.74, 6) is 0. The molecule has 0 atom stereocenters. The summed E-state index contributed by atoms with van der Waals surface area (Å²) in [4.78, 5) is 0. The molecule has 2 rings (SSSR count). The van der Waals surface area contributed by atoms with E-state index in [-0.39, 0.29) is 0 Å². The minimum absolute atomic E-state index is 1.05. The van der Waals surface area contributed by atoms with E-state index in [4.69, 9.17) is 5.10 Å². The third-order valence-corrected chi connectivity index (χ3v) is 8.08. The lowest BCUT2D eigenvalue weighted by molar-refractivity contribution is 0.539. The van der Waals surface area contributed by atoms with E-state index < -0.39 is 0 Å². The van der Waals surface area contributed by atoms with Gasteiger partial charge in [0.1, 0.15) is 0 Å². The van der Waals surface area contributed by atoms with Gasteiger partial charge in [0, 0.05) is 6.54 Å². The largest absolute Gasteiger partial charge is 0.310 e. The average molecular weight is 473 g/mol. The zero-order valence-corrected chi connectivity index (χ0v) is 23.0. The second kappa shape index (κ2) is 22.7. The number of rotatable bonds is 1. The van der Waals surface area contributed by atoms with Gasteiger partial charge in [-0.15, -0.1) is 0 Å². The predicted molar refractivity (Wildman–Crippen MR) is 153 cm³/mol. The van der Waals surface area contributed by atoms with Crippen LogP contribution in [0.1, 0.15) is 180 Å². The Hall–Kier alpha value is -0.790. The van der Waals surface area contributed by atoms with Crippen molar-refractivity contribution in [1.82, 2.24) is 5.43 Å². The van der Waals surface area contributed by atoms with Gasteiger partial charge >= 0.3 is 0 Å². The van der Waals surface area contributed by atoms with Crippen LogP contribution in [0.5, 0.6) is 0 Å². The quantitative estimate of drug-likeness (QED) is 0.403. The third kappa shape index (κ3) is 16.8. The first kappa shape index (κ1) is 29.4. The van der Waals surface area contributed by atoms with E-state index in [1.54, 1.807) is 5.57 Å². The summed E-state index contributed by atoms with van der Waals surface area (Å²) in [6, 6.07) is 0. The number of nitrogens with zero attached hydrogens (tertiary/aromatic N) is 1. The molecule has 2 nitrogen and oxygen atoms in total. The van der Waals surface area contributed by atoms with E-state index in [9.17, 15) is 0 Å². The summed E-state index contributed by atoms with van der Waals surface area (Å²) in [7, 11) is 0. The van der Waals surface area contributed by atoms with Crippen LogP contribution in [-0.4, -0.2) is 12.3 Å². The number of hydrazone groups is 1. The lowest BCUT2D eigenvalue weighted by Crippen LogP contribution is -2.14. The summed E-state index contributed by atoms with van der Waals surface area (Å²) in [5.41, 5.74) is 6.50. The van der Waals surface area contributed by atoms with Crippen LogP contribution in [0.2, 0.25) is 0 Å². The number of hydrogen-bond acceptors (Lipinski definition) is 2. The van der Waals surface area contributed by atoms with E-state index >= 15 is 0 Å². The highest BCUT2D eigenvalue weighted by Gasteiger charge is 2.09. The van der Waals surface area contributed by atoms with Crippen molar-refractivity contribution in [2.24, 2.45) is 5.10 Å². The molecule has 0 saturated carbocycles. The summed E-state index contributed by atoms with van der Waals surface area (Å²) in [6.07, 6.45) is 41.7. The van der Waals surface area contributed by atoms with E-state index in [0.29, 0.717) is 0 Å². The van der Waals surface area contributed by atoms with Crippen LogP contribution in [0.4, 0.5) is 0 Å². The highest BCUT2D eigenvalue weighted by molar-refractivity contribution is 5.99. The van der Waals surface area contributed by atoms with Crippen molar-refractivity contribution < 1.29 is 0 Å². The zero-order chi connectivity index (χ0) is 23.8. The molecular weight excluding hydrogens is 412 g/mol. The smallest absolute Gasteiger partial charge is 0.0631 e. The SMILES string of the molecule is C1=C(C2=NNCCCCCCCCCCCCCC2)CCCCCCCCCCCCCCC1. The van der Waals surface area contributed by atoms with Crippen LogP contribution < -0.4 is 5.43 Å². The molecule has 0 amide bonds. The maximum atomic E-state index is 5.04. The Morgan fingerprint density at radius 2 is 0.794 bits per heavy atom. The fourth-order valence-electron chi connectivity index (χ4n) is 5.75. The Kier molecular flexibility index (Phi) is 19.6. The first-order valence-electron chi connectivity index (χ1n) is 16.0. The van der Waals surface area contributed by atoms with E-state index in [1.165, 1.54) is 185 Å². The fraction of sp³-hybridized carbons (Fsp3) is 0.906. The van der Waals surface area contributed by atoms with Crippen molar-refractivity contribution in [2.75, 3.05) is 6.54 Å². The standard InChI is InChI=1S/C32H60N2/c1-2-4-8-12-16-20-24-28-31(27-23-19-15-11-7-3-1)32-29-25-21-17-13-9-5-6-10-14-18-22-26-30-33-34-32/h27,33H,1-26,28-30H2. The maximum Gasteiger partial charge on any atom is 0.0631 e. The van der Waals surface area contributed by atoms with Gasteiger partial charge in [0.2, 0.25) is 0 Å². The molecule has 1 aliphatic heterocycles. The predicted octanol–water partition coefficient (Wildman–Crippen LogP) is 10.8. The van der Waals surface area contributed by atoms with Crippen molar-refractivity contribution in [3.05, 3.63) is 11.6 Å². The summed E-state index contributed by atoms with van der Waals surface area (Å²) < 4.78 is 0. The molecule has 1 N–H and O–H groups in total. The van der Waals surface area contributed by atoms with Crippen LogP contribution in [0.25, 0.3) is 0 Å². The number of nitrogens with one attached hydrogen (secondary N) is 1. The normalized spacial score (nSPS) is 24.0. The molecule has 0 unspecified atom stereocenters. The van der Waals surface area contributed by atoms with Crippen LogP contribution in [0.15, 0.2) is 16.8 Å². The molecule has 0 aromatic heterocycles. The van der Waals surface area contributed by atoms with Gasteiger partial charge in [0.15, 0.2) is 0 Å². The van der Waals surface area contributed by atoms with Gasteiger partial charge in [-0.1, -0.05) is 141 Å². The van der Waals surface area contributed by atoms with Gasteiger partial charge in [-0.2, -0.15) is 5.10 Å². The third-order valence-electron chi connectivity index (χ3n) is 8.08. The lowest BCUT2D eigenvalue weighted by atomic mass is 9.96. The van der Waals surface area contributed by atoms with Crippen molar-refractivity contribution in [2.45, 2.75) is 180 Å². The van der Waals surface area contributed by atoms with Crippen molar-refractivity contribution >= 4 is 5.71 Å². The Balaban J connectivity index is 1.93. The van der Waals surface area contributed by atoms with Crippen LogP contribution in [0, 0.1) is 0 Å².